The molecule has 2 aromatic rings. The SMILES string of the molecule is NC[C@@H]1CC[C@H](CC(N)=O)N1C(=O)c1cc2cccc(F)c2[nH]1. The Bertz CT molecular complexity index is 758. The minimum atomic E-state index is -0.451. The van der Waals surface area contributed by atoms with Gasteiger partial charge in [-0.15, -0.1) is 0 Å². The molecule has 0 unspecified atom stereocenters. The molecule has 0 aliphatic carbocycles. The van der Waals surface area contributed by atoms with E-state index in [0.29, 0.717) is 29.6 Å². The number of rotatable bonds is 4. The summed E-state index contributed by atoms with van der Waals surface area (Å²) in [5.41, 5.74) is 11.6. The Morgan fingerprint density at radius 3 is 2.70 bits per heavy atom. The molecule has 2 amide bonds. The molecule has 0 bridgehead atoms. The van der Waals surface area contributed by atoms with Crippen LogP contribution >= 0.6 is 0 Å². The third kappa shape index (κ3) is 2.79. The van der Waals surface area contributed by atoms with Crippen molar-refractivity contribution in [2.24, 2.45) is 11.5 Å². The number of nitrogens with two attached hydrogens (primary N) is 2. The molecule has 3 rings (SSSR count). The van der Waals surface area contributed by atoms with Crippen molar-refractivity contribution in [2.75, 3.05) is 6.54 Å². The van der Waals surface area contributed by atoms with Gasteiger partial charge in [-0.3, -0.25) is 9.59 Å². The Labute approximate surface area is 132 Å². The minimum absolute atomic E-state index is 0.108. The van der Waals surface area contributed by atoms with Gasteiger partial charge in [0.15, 0.2) is 0 Å². The number of amides is 2. The molecule has 1 aromatic carbocycles. The zero-order chi connectivity index (χ0) is 16.6. The molecule has 0 saturated carbocycles. The van der Waals surface area contributed by atoms with Gasteiger partial charge in [-0.05, 0) is 25.0 Å². The fourth-order valence-electron chi connectivity index (χ4n) is 3.33. The number of para-hydroxylation sites is 1. The molecular formula is C16H19FN4O2. The molecule has 1 aromatic heterocycles. The van der Waals surface area contributed by atoms with Crippen LogP contribution in [0.1, 0.15) is 29.8 Å². The highest BCUT2D eigenvalue weighted by molar-refractivity contribution is 5.98. The fourth-order valence-corrected chi connectivity index (χ4v) is 3.33. The predicted molar refractivity (Wildman–Crippen MR) is 84.1 cm³/mol. The molecule has 1 aliphatic rings. The van der Waals surface area contributed by atoms with Crippen molar-refractivity contribution < 1.29 is 14.0 Å². The third-order valence-electron chi connectivity index (χ3n) is 4.40. The molecule has 122 valence electrons. The number of carbonyl (C=O) groups is 2. The Morgan fingerprint density at radius 1 is 1.30 bits per heavy atom. The fraction of sp³-hybridized carbons (Fsp3) is 0.375. The molecule has 1 aliphatic heterocycles. The van der Waals surface area contributed by atoms with E-state index in [4.69, 9.17) is 11.5 Å². The third-order valence-corrected chi connectivity index (χ3v) is 4.40. The predicted octanol–water partition coefficient (Wildman–Crippen LogP) is 1.11. The van der Waals surface area contributed by atoms with E-state index in [0.717, 1.165) is 6.42 Å². The van der Waals surface area contributed by atoms with Crippen molar-refractivity contribution in [3.05, 3.63) is 35.8 Å². The summed E-state index contributed by atoms with van der Waals surface area (Å²) in [7, 11) is 0. The number of likely N-dealkylation sites (tertiary alicyclic amines) is 1. The van der Waals surface area contributed by atoms with E-state index >= 15 is 0 Å². The average molecular weight is 318 g/mol. The summed E-state index contributed by atoms with van der Waals surface area (Å²) in [5, 5.41) is 0.628. The van der Waals surface area contributed by atoms with Crippen LogP contribution in [0.2, 0.25) is 0 Å². The molecule has 2 atom stereocenters. The molecule has 1 fully saturated rings. The second-order valence-corrected chi connectivity index (χ2v) is 5.89. The molecule has 0 radical (unpaired) electrons. The number of fused-ring (bicyclic) bond motifs is 1. The van der Waals surface area contributed by atoms with Crippen LogP contribution in [-0.4, -0.2) is 40.3 Å². The highest BCUT2D eigenvalue weighted by Gasteiger charge is 2.37. The minimum Gasteiger partial charge on any atom is -0.370 e. The summed E-state index contributed by atoms with van der Waals surface area (Å²) in [6.45, 7) is 0.315. The number of aromatic amines is 1. The molecule has 1 saturated heterocycles. The van der Waals surface area contributed by atoms with Gasteiger partial charge in [-0.1, -0.05) is 12.1 Å². The first kappa shape index (κ1) is 15.5. The van der Waals surface area contributed by atoms with Crippen LogP contribution in [0, 0.1) is 5.82 Å². The second kappa shape index (κ2) is 6.00. The zero-order valence-corrected chi connectivity index (χ0v) is 12.6. The summed E-state index contributed by atoms with van der Waals surface area (Å²) in [5.74, 6) is -1.14. The summed E-state index contributed by atoms with van der Waals surface area (Å²) in [6, 6.07) is 5.88. The number of H-pyrrole nitrogens is 1. The normalized spacial score (nSPS) is 21.0. The van der Waals surface area contributed by atoms with Crippen LogP contribution in [0.25, 0.3) is 10.9 Å². The van der Waals surface area contributed by atoms with Gasteiger partial charge in [0, 0.05) is 30.4 Å². The molecule has 2 heterocycles. The molecular weight excluding hydrogens is 299 g/mol. The summed E-state index contributed by atoms with van der Waals surface area (Å²) < 4.78 is 13.8. The van der Waals surface area contributed by atoms with E-state index in [9.17, 15) is 14.0 Å². The van der Waals surface area contributed by atoms with Crippen LogP contribution in [-0.2, 0) is 4.79 Å². The molecule has 5 N–H and O–H groups in total. The van der Waals surface area contributed by atoms with E-state index < -0.39 is 11.7 Å². The monoisotopic (exact) mass is 318 g/mol. The van der Waals surface area contributed by atoms with Crippen LogP contribution in [0.5, 0.6) is 0 Å². The maximum absolute atomic E-state index is 13.8. The first-order chi connectivity index (χ1) is 11.0. The van der Waals surface area contributed by atoms with Crippen molar-refractivity contribution in [3.63, 3.8) is 0 Å². The lowest BCUT2D eigenvalue weighted by atomic mass is 10.1. The lowest BCUT2D eigenvalue weighted by Crippen LogP contribution is -2.45. The summed E-state index contributed by atoms with van der Waals surface area (Å²) in [4.78, 5) is 28.5. The van der Waals surface area contributed by atoms with Crippen molar-refractivity contribution in [1.29, 1.82) is 0 Å². The van der Waals surface area contributed by atoms with E-state index in [-0.39, 0.29) is 24.4 Å². The van der Waals surface area contributed by atoms with Crippen molar-refractivity contribution in [3.8, 4) is 0 Å². The van der Waals surface area contributed by atoms with Gasteiger partial charge in [0.05, 0.1) is 5.52 Å². The maximum Gasteiger partial charge on any atom is 0.270 e. The van der Waals surface area contributed by atoms with Gasteiger partial charge in [0.2, 0.25) is 5.91 Å². The lowest BCUT2D eigenvalue weighted by Gasteiger charge is -2.29. The van der Waals surface area contributed by atoms with Crippen LogP contribution in [0.3, 0.4) is 0 Å². The Hall–Kier alpha value is -2.41. The number of carbonyl (C=O) groups excluding carboxylic acids is 2. The smallest absolute Gasteiger partial charge is 0.270 e. The van der Waals surface area contributed by atoms with Crippen molar-refractivity contribution >= 4 is 22.7 Å². The van der Waals surface area contributed by atoms with E-state index in [1.54, 1.807) is 23.1 Å². The number of nitrogens with zero attached hydrogens (tertiary/aromatic N) is 1. The summed E-state index contributed by atoms with van der Waals surface area (Å²) >= 11 is 0. The standard InChI is InChI=1S/C16H19FN4O2/c17-12-3-1-2-9-6-13(20-15(9)12)16(23)21-10(7-14(19)22)4-5-11(21)8-18/h1-3,6,10-11,20H,4-5,7-8,18H2,(H2,19,22)/t10-,11+/m1/s1. The highest BCUT2D eigenvalue weighted by atomic mass is 19.1. The molecule has 7 heteroatoms. The number of nitrogens with one attached hydrogen (secondary N) is 1. The highest BCUT2D eigenvalue weighted by Crippen LogP contribution is 2.29. The van der Waals surface area contributed by atoms with Gasteiger partial charge >= 0.3 is 0 Å². The molecule has 0 spiro atoms. The Morgan fingerprint density at radius 2 is 2.04 bits per heavy atom. The number of hydrogen-bond acceptors (Lipinski definition) is 3. The van der Waals surface area contributed by atoms with Gasteiger partial charge < -0.3 is 21.4 Å². The number of primary amides is 1. The van der Waals surface area contributed by atoms with Crippen molar-refractivity contribution in [1.82, 2.24) is 9.88 Å². The second-order valence-electron chi connectivity index (χ2n) is 5.89. The Kier molecular flexibility index (Phi) is 4.04. The largest absolute Gasteiger partial charge is 0.370 e. The van der Waals surface area contributed by atoms with E-state index in [1.807, 2.05) is 0 Å². The Balaban J connectivity index is 1.94. The number of benzene rings is 1. The van der Waals surface area contributed by atoms with E-state index in [2.05, 4.69) is 4.98 Å². The van der Waals surface area contributed by atoms with Crippen molar-refractivity contribution in [2.45, 2.75) is 31.3 Å². The molecule has 6 nitrogen and oxygen atoms in total. The zero-order valence-electron chi connectivity index (χ0n) is 12.6. The first-order valence-corrected chi connectivity index (χ1v) is 7.59. The van der Waals surface area contributed by atoms with Gasteiger partial charge in [0.25, 0.3) is 5.91 Å². The number of hydrogen-bond donors (Lipinski definition) is 3. The average Bonchev–Trinajstić information content (AvgIpc) is 3.10. The van der Waals surface area contributed by atoms with Crippen LogP contribution < -0.4 is 11.5 Å². The quantitative estimate of drug-likeness (QED) is 0.786. The maximum atomic E-state index is 13.8. The summed E-state index contributed by atoms with van der Waals surface area (Å²) in [6.07, 6.45) is 1.52. The number of halogens is 1. The van der Waals surface area contributed by atoms with Gasteiger partial charge in [0.1, 0.15) is 11.5 Å². The number of aromatic nitrogens is 1. The van der Waals surface area contributed by atoms with E-state index in [1.165, 1.54) is 6.07 Å². The molecule has 23 heavy (non-hydrogen) atoms. The van der Waals surface area contributed by atoms with Crippen LogP contribution in [0.4, 0.5) is 4.39 Å². The first-order valence-electron chi connectivity index (χ1n) is 7.59. The van der Waals surface area contributed by atoms with Gasteiger partial charge in [-0.25, -0.2) is 4.39 Å². The lowest BCUT2D eigenvalue weighted by molar-refractivity contribution is -0.118. The topological polar surface area (TPSA) is 105 Å². The van der Waals surface area contributed by atoms with Gasteiger partial charge in [-0.2, -0.15) is 0 Å². The van der Waals surface area contributed by atoms with Crippen LogP contribution in [0.15, 0.2) is 24.3 Å².